The summed E-state index contributed by atoms with van der Waals surface area (Å²) in [5, 5.41) is 10.3. The quantitative estimate of drug-likeness (QED) is 0.808. The van der Waals surface area contributed by atoms with Gasteiger partial charge in [-0.05, 0) is 12.5 Å². The second kappa shape index (κ2) is 7.09. The zero-order valence-corrected chi connectivity index (χ0v) is 11.8. The van der Waals surface area contributed by atoms with E-state index < -0.39 is 16.1 Å². The van der Waals surface area contributed by atoms with Crippen molar-refractivity contribution in [1.82, 2.24) is 4.72 Å². The van der Waals surface area contributed by atoms with Crippen LogP contribution >= 0.6 is 11.6 Å². The topological polar surface area (TPSA) is 66.4 Å². The van der Waals surface area contributed by atoms with E-state index in [1.165, 1.54) is 0 Å². The molecule has 0 bridgehead atoms. The van der Waals surface area contributed by atoms with Crippen molar-refractivity contribution in [2.75, 3.05) is 12.3 Å². The van der Waals surface area contributed by atoms with Crippen LogP contribution in [0.4, 0.5) is 0 Å². The van der Waals surface area contributed by atoms with Crippen molar-refractivity contribution in [1.29, 1.82) is 0 Å². The van der Waals surface area contributed by atoms with E-state index >= 15 is 0 Å². The summed E-state index contributed by atoms with van der Waals surface area (Å²) in [7, 11) is -3.31. The molecule has 1 aromatic carbocycles. The molecule has 0 aliphatic rings. The first-order valence-electron chi connectivity index (χ1n) is 5.86. The van der Waals surface area contributed by atoms with E-state index in [2.05, 4.69) is 4.72 Å². The molecule has 102 valence electrons. The van der Waals surface area contributed by atoms with Crippen LogP contribution in [0.25, 0.3) is 0 Å². The van der Waals surface area contributed by atoms with Crippen LogP contribution in [-0.4, -0.2) is 25.8 Å². The van der Waals surface area contributed by atoms with Crippen molar-refractivity contribution >= 4 is 21.6 Å². The molecule has 0 saturated heterocycles. The molecule has 0 saturated carbocycles. The average Bonchev–Trinajstić information content (AvgIpc) is 2.34. The van der Waals surface area contributed by atoms with Crippen LogP contribution in [0.2, 0.25) is 5.02 Å². The molecule has 0 heterocycles. The third-order valence-corrected chi connectivity index (χ3v) is 4.30. The third kappa shape index (κ3) is 4.94. The molecule has 1 unspecified atom stereocenters. The lowest BCUT2D eigenvalue weighted by Crippen LogP contribution is -2.30. The first-order valence-corrected chi connectivity index (χ1v) is 7.89. The van der Waals surface area contributed by atoms with Gasteiger partial charge >= 0.3 is 0 Å². The molecule has 0 fully saturated rings. The normalized spacial score (nSPS) is 13.5. The van der Waals surface area contributed by atoms with E-state index in [-0.39, 0.29) is 12.3 Å². The van der Waals surface area contributed by atoms with Crippen LogP contribution < -0.4 is 4.72 Å². The molecule has 0 aliphatic heterocycles. The number of unbranched alkanes of at least 4 members (excludes halogenated alkanes) is 1. The Balaban J connectivity index is 2.56. The minimum Gasteiger partial charge on any atom is -0.387 e. The predicted molar refractivity (Wildman–Crippen MR) is 73.1 cm³/mol. The number of aliphatic hydroxyl groups excluding tert-OH is 1. The summed E-state index contributed by atoms with van der Waals surface area (Å²) in [4.78, 5) is 0. The molecular formula is C12H18ClNO3S. The maximum atomic E-state index is 11.6. The van der Waals surface area contributed by atoms with Gasteiger partial charge in [-0.2, -0.15) is 0 Å². The molecule has 2 N–H and O–H groups in total. The van der Waals surface area contributed by atoms with Gasteiger partial charge in [-0.1, -0.05) is 43.1 Å². The van der Waals surface area contributed by atoms with Gasteiger partial charge in [0.1, 0.15) is 0 Å². The Morgan fingerprint density at radius 3 is 2.67 bits per heavy atom. The van der Waals surface area contributed by atoms with E-state index in [1.807, 2.05) is 6.92 Å². The summed E-state index contributed by atoms with van der Waals surface area (Å²) >= 11 is 5.92. The van der Waals surface area contributed by atoms with Crippen molar-refractivity contribution in [2.45, 2.75) is 25.9 Å². The molecule has 1 atom stereocenters. The molecule has 0 radical (unpaired) electrons. The summed E-state index contributed by atoms with van der Waals surface area (Å²) in [6, 6.07) is 6.83. The molecule has 1 rings (SSSR count). The average molecular weight is 292 g/mol. The van der Waals surface area contributed by atoms with Crippen LogP contribution in [0.3, 0.4) is 0 Å². The zero-order valence-electron chi connectivity index (χ0n) is 10.3. The van der Waals surface area contributed by atoms with Crippen molar-refractivity contribution in [2.24, 2.45) is 0 Å². The van der Waals surface area contributed by atoms with Gasteiger partial charge in [0.2, 0.25) is 10.0 Å². The van der Waals surface area contributed by atoms with Crippen LogP contribution in [-0.2, 0) is 10.0 Å². The molecule has 0 aliphatic carbocycles. The number of halogens is 1. The summed E-state index contributed by atoms with van der Waals surface area (Å²) < 4.78 is 25.5. The second-order valence-corrected chi connectivity index (χ2v) is 6.39. The van der Waals surface area contributed by atoms with E-state index in [4.69, 9.17) is 11.6 Å². The SMILES string of the molecule is CCCCS(=O)(=O)NCC(O)c1ccccc1Cl. The molecule has 4 nitrogen and oxygen atoms in total. The molecule has 1 aromatic rings. The number of nitrogens with one attached hydrogen (secondary N) is 1. The largest absolute Gasteiger partial charge is 0.387 e. The first kappa shape index (κ1) is 15.4. The second-order valence-electron chi connectivity index (χ2n) is 4.06. The lowest BCUT2D eigenvalue weighted by atomic mass is 10.1. The van der Waals surface area contributed by atoms with Crippen molar-refractivity contribution in [3.8, 4) is 0 Å². The van der Waals surface area contributed by atoms with Crippen molar-refractivity contribution in [3.05, 3.63) is 34.9 Å². The van der Waals surface area contributed by atoms with Crippen LogP contribution in [0.1, 0.15) is 31.4 Å². The number of hydrogen-bond acceptors (Lipinski definition) is 3. The lowest BCUT2D eigenvalue weighted by molar-refractivity contribution is 0.182. The Kier molecular flexibility index (Phi) is 6.08. The highest BCUT2D eigenvalue weighted by Gasteiger charge is 2.15. The van der Waals surface area contributed by atoms with Gasteiger partial charge in [0.25, 0.3) is 0 Å². The van der Waals surface area contributed by atoms with Gasteiger partial charge in [-0.25, -0.2) is 13.1 Å². The van der Waals surface area contributed by atoms with Crippen LogP contribution in [0, 0.1) is 0 Å². The molecule has 0 aromatic heterocycles. The highest BCUT2D eigenvalue weighted by atomic mass is 35.5. The number of hydrogen-bond donors (Lipinski definition) is 2. The van der Waals surface area contributed by atoms with Gasteiger partial charge in [0, 0.05) is 17.1 Å². The Hall–Kier alpha value is -0.620. The smallest absolute Gasteiger partial charge is 0.211 e. The predicted octanol–water partition coefficient (Wildman–Crippen LogP) is 2.09. The minimum atomic E-state index is -3.31. The Morgan fingerprint density at radius 2 is 2.06 bits per heavy atom. The van der Waals surface area contributed by atoms with Gasteiger partial charge in [0.05, 0.1) is 11.9 Å². The van der Waals surface area contributed by atoms with Gasteiger partial charge in [0.15, 0.2) is 0 Å². The van der Waals surface area contributed by atoms with E-state index in [0.717, 1.165) is 6.42 Å². The summed E-state index contributed by atoms with van der Waals surface area (Å²) in [6.45, 7) is 1.86. The molecule has 0 amide bonds. The standard InChI is InChI=1S/C12H18ClNO3S/c1-2-3-8-18(16,17)14-9-12(15)10-6-4-5-7-11(10)13/h4-7,12,14-15H,2-3,8-9H2,1H3. The lowest BCUT2D eigenvalue weighted by Gasteiger charge is -2.13. The van der Waals surface area contributed by atoms with E-state index in [0.29, 0.717) is 17.0 Å². The van der Waals surface area contributed by atoms with Gasteiger partial charge < -0.3 is 5.11 Å². The molecule has 6 heteroatoms. The Labute approximate surface area is 113 Å². The number of rotatable bonds is 7. The maximum absolute atomic E-state index is 11.6. The van der Waals surface area contributed by atoms with Crippen LogP contribution in [0.15, 0.2) is 24.3 Å². The Bertz CT molecular complexity index is 476. The molecule has 0 spiro atoms. The highest BCUT2D eigenvalue weighted by Crippen LogP contribution is 2.21. The molecule has 18 heavy (non-hydrogen) atoms. The monoisotopic (exact) mass is 291 g/mol. The number of benzene rings is 1. The van der Waals surface area contributed by atoms with E-state index in [9.17, 15) is 13.5 Å². The summed E-state index contributed by atoms with van der Waals surface area (Å²) in [5.41, 5.74) is 0.525. The van der Waals surface area contributed by atoms with E-state index in [1.54, 1.807) is 24.3 Å². The fourth-order valence-electron chi connectivity index (χ4n) is 1.47. The highest BCUT2D eigenvalue weighted by molar-refractivity contribution is 7.89. The van der Waals surface area contributed by atoms with Crippen molar-refractivity contribution in [3.63, 3.8) is 0 Å². The minimum absolute atomic E-state index is 0.0597. The van der Waals surface area contributed by atoms with Crippen molar-refractivity contribution < 1.29 is 13.5 Å². The fourth-order valence-corrected chi connectivity index (χ4v) is 2.95. The third-order valence-electron chi connectivity index (χ3n) is 2.53. The van der Waals surface area contributed by atoms with Gasteiger partial charge in [-0.15, -0.1) is 0 Å². The molecular weight excluding hydrogens is 274 g/mol. The number of sulfonamides is 1. The maximum Gasteiger partial charge on any atom is 0.211 e. The summed E-state index contributed by atoms with van der Waals surface area (Å²) in [5.74, 6) is 0.0821. The summed E-state index contributed by atoms with van der Waals surface area (Å²) in [6.07, 6.45) is 0.487. The van der Waals surface area contributed by atoms with Gasteiger partial charge in [-0.3, -0.25) is 0 Å². The zero-order chi connectivity index (χ0) is 13.6. The Morgan fingerprint density at radius 1 is 1.39 bits per heavy atom. The van der Waals surface area contributed by atoms with Crippen LogP contribution in [0.5, 0.6) is 0 Å². The first-order chi connectivity index (χ1) is 8.46. The number of aliphatic hydroxyl groups is 1. The fraction of sp³-hybridized carbons (Fsp3) is 0.500.